The first-order valence-corrected chi connectivity index (χ1v) is 21.3. The highest BCUT2D eigenvalue weighted by Gasteiger charge is 2.19. The highest BCUT2D eigenvalue weighted by Crippen LogP contribution is 2.41. The number of rotatable bonds is 6. The van der Waals surface area contributed by atoms with Crippen LogP contribution in [-0.2, 0) is 0 Å². The summed E-state index contributed by atoms with van der Waals surface area (Å²) >= 11 is 0. The van der Waals surface area contributed by atoms with Gasteiger partial charge < -0.3 is 9.13 Å². The van der Waals surface area contributed by atoms with E-state index in [0.29, 0.717) is 0 Å². The molecule has 2 aromatic heterocycles. The Morgan fingerprint density at radius 3 is 1.13 bits per heavy atom. The minimum absolute atomic E-state index is 1.17. The Morgan fingerprint density at radius 1 is 0.233 bits per heavy atom. The molecule has 0 aliphatic rings. The molecule has 0 spiro atoms. The highest BCUT2D eigenvalue weighted by molar-refractivity contribution is 6.13. The van der Waals surface area contributed by atoms with Gasteiger partial charge in [-0.25, -0.2) is 0 Å². The third kappa shape index (κ3) is 6.67. The molecule has 0 unspecified atom stereocenters. The van der Waals surface area contributed by atoms with Crippen LogP contribution in [0.1, 0.15) is 27.7 Å². The van der Waals surface area contributed by atoms with E-state index >= 15 is 0 Å². The Morgan fingerprint density at radius 2 is 0.600 bits per heavy atom. The number of fused-ring (bicyclic) bond motifs is 6. The molecule has 0 saturated carbocycles. The average molecular weight is 773 g/mol. The van der Waals surface area contributed by atoms with Crippen LogP contribution in [0.5, 0.6) is 0 Å². The van der Waals surface area contributed by atoms with Gasteiger partial charge in [0.25, 0.3) is 0 Å². The molecular weight excluding hydrogens is 725 g/mol. The molecule has 2 nitrogen and oxygen atoms in total. The summed E-state index contributed by atoms with van der Waals surface area (Å²) in [6.45, 7) is 8.00. The van der Waals surface area contributed by atoms with Crippen molar-refractivity contribution in [3.8, 4) is 55.9 Å². The molecule has 9 aromatic carbocycles. The van der Waals surface area contributed by atoms with Crippen molar-refractivity contribution < 1.29 is 0 Å². The third-order valence-electron chi connectivity index (χ3n) is 11.3. The van der Waals surface area contributed by atoms with Gasteiger partial charge >= 0.3 is 0 Å². The average Bonchev–Trinajstić information content (AvgIpc) is 3.85. The molecule has 0 fully saturated rings. The summed E-state index contributed by atoms with van der Waals surface area (Å²) in [6, 6.07) is 79.4. The van der Waals surface area contributed by atoms with Crippen molar-refractivity contribution in [2.45, 2.75) is 27.7 Å². The van der Waals surface area contributed by atoms with Crippen molar-refractivity contribution >= 4 is 43.6 Å². The summed E-state index contributed by atoms with van der Waals surface area (Å²) in [5.41, 5.74) is 16.7. The van der Waals surface area contributed by atoms with Gasteiger partial charge in [0.2, 0.25) is 0 Å². The van der Waals surface area contributed by atoms with Gasteiger partial charge in [0.15, 0.2) is 0 Å². The second-order valence-corrected chi connectivity index (χ2v) is 14.5. The Hall–Kier alpha value is -7.42. The number of para-hydroxylation sites is 3. The van der Waals surface area contributed by atoms with E-state index in [1.807, 2.05) is 27.7 Å². The zero-order valence-electron chi connectivity index (χ0n) is 34.7. The quantitative estimate of drug-likeness (QED) is 0.159. The fourth-order valence-corrected chi connectivity index (χ4v) is 8.74. The lowest BCUT2D eigenvalue weighted by Gasteiger charge is -2.16. The van der Waals surface area contributed by atoms with Crippen molar-refractivity contribution in [3.63, 3.8) is 0 Å². The van der Waals surface area contributed by atoms with E-state index in [2.05, 4.69) is 228 Å². The number of aromatic nitrogens is 2. The molecule has 2 heteroatoms. The molecule has 0 saturated heterocycles. The zero-order valence-corrected chi connectivity index (χ0v) is 34.7. The molecule has 11 rings (SSSR count). The maximum absolute atomic E-state index is 2.46. The topological polar surface area (TPSA) is 9.86 Å². The van der Waals surface area contributed by atoms with Crippen molar-refractivity contribution in [1.29, 1.82) is 0 Å². The number of benzene rings is 9. The van der Waals surface area contributed by atoms with Crippen LogP contribution in [-0.4, -0.2) is 9.13 Å². The van der Waals surface area contributed by atoms with E-state index in [1.165, 1.54) is 99.5 Å². The Bertz CT molecular complexity index is 3220. The van der Waals surface area contributed by atoms with Crippen LogP contribution in [0.15, 0.2) is 218 Å². The Labute approximate surface area is 353 Å². The third-order valence-corrected chi connectivity index (χ3v) is 11.3. The van der Waals surface area contributed by atoms with Crippen molar-refractivity contribution in [3.05, 3.63) is 218 Å². The number of hydrogen-bond donors (Lipinski definition) is 0. The van der Waals surface area contributed by atoms with Crippen LogP contribution in [0.4, 0.5) is 0 Å². The van der Waals surface area contributed by atoms with Crippen molar-refractivity contribution in [1.82, 2.24) is 9.13 Å². The van der Waals surface area contributed by atoms with E-state index in [-0.39, 0.29) is 0 Å². The first-order valence-electron chi connectivity index (χ1n) is 21.3. The second-order valence-electron chi connectivity index (χ2n) is 14.5. The molecule has 11 aromatic rings. The van der Waals surface area contributed by atoms with E-state index in [1.54, 1.807) is 0 Å². The molecule has 0 bridgehead atoms. The minimum Gasteiger partial charge on any atom is -0.309 e. The maximum atomic E-state index is 2.46. The van der Waals surface area contributed by atoms with E-state index < -0.39 is 0 Å². The molecule has 0 atom stereocenters. The van der Waals surface area contributed by atoms with E-state index in [4.69, 9.17) is 0 Å². The first kappa shape index (κ1) is 38.1. The largest absolute Gasteiger partial charge is 0.309 e. The summed E-state index contributed by atoms with van der Waals surface area (Å²) in [5, 5.41) is 4.97. The molecule has 0 N–H and O–H groups in total. The predicted octanol–water partition coefficient (Wildman–Crippen LogP) is 16.6. The zero-order chi connectivity index (χ0) is 41.0. The monoisotopic (exact) mass is 772 g/mol. The van der Waals surface area contributed by atoms with Crippen LogP contribution in [0, 0.1) is 0 Å². The standard InChI is InChI=1S/C54H36N2.2C2H6/c1-4-16-37(17-5-1)42-28-31-44(39-20-8-3-9-21-39)54(36-42)56-51-27-15-12-24-46(51)48-35-41(30-33-53(48)56)40-29-32-52-47(34-40)45-23-11-14-26-50(45)55(52)49-25-13-10-22-43(49)38-18-6-2-7-19-38;2*1-2/h1-36H;2*1-2H3. The van der Waals surface area contributed by atoms with Gasteiger partial charge in [0, 0.05) is 32.7 Å². The highest BCUT2D eigenvalue weighted by atomic mass is 15.0. The lowest BCUT2D eigenvalue weighted by Crippen LogP contribution is -1.98. The van der Waals surface area contributed by atoms with Crippen LogP contribution in [0.2, 0.25) is 0 Å². The Kier molecular flexibility index (Phi) is 10.7. The molecular formula is C58H48N2. The van der Waals surface area contributed by atoms with E-state index in [0.717, 1.165) is 0 Å². The van der Waals surface area contributed by atoms with Gasteiger partial charge in [-0.2, -0.15) is 0 Å². The molecule has 0 aliphatic carbocycles. The maximum Gasteiger partial charge on any atom is 0.0546 e. The summed E-state index contributed by atoms with van der Waals surface area (Å²) in [4.78, 5) is 0. The smallest absolute Gasteiger partial charge is 0.0546 e. The molecule has 0 radical (unpaired) electrons. The summed E-state index contributed by atoms with van der Waals surface area (Å²) in [5.74, 6) is 0. The molecule has 60 heavy (non-hydrogen) atoms. The summed E-state index contributed by atoms with van der Waals surface area (Å²) in [6.07, 6.45) is 0. The van der Waals surface area contributed by atoms with Gasteiger partial charge in [-0.1, -0.05) is 198 Å². The summed E-state index contributed by atoms with van der Waals surface area (Å²) in [7, 11) is 0. The second kappa shape index (κ2) is 16.8. The SMILES string of the molecule is CC.CC.c1ccc(-c2ccc(-c3ccccc3)c(-n3c4ccccc4c4cc(-c5ccc6c(c5)c5ccccc5n6-c5ccccc5-c5ccccc5)ccc43)c2)cc1. The van der Waals surface area contributed by atoms with Gasteiger partial charge in [-0.3, -0.25) is 0 Å². The van der Waals surface area contributed by atoms with Crippen molar-refractivity contribution in [2.75, 3.05) is 0 Å². The normalized spacial score (nSPS) is 11.0. The van der Waals surface area contributed by atoms with Crippen LogP contribution in [0.25, 0.3) is 99.5 Å². The van der Waals surface area contributed by atoms with Crippen LogP contribution < -0.4 is 0 Å². The Balaban J connectivity index is 0.00000112. The lowest BCUT2D eigenvalue weighted by atomic mass is 9.98. The number of hydrogen-bond acceptors (Lipinski definition) is 0. The molecule has 0 aliphatic heterocycles. The van der Waals surface area contributed by atoms with Crippen molar-refractivity contribution in [2.24, 2.45) is 0 Å². The molecule has 2 heterocycles. The van der Waals surface area contributed by atoms with Gasteiger partial charge in [-0.15, -0.1) is 0 Å². The van der Waals surface area contributed by atoms with E-state index in [9.17, 15) is 0 Å². The fourth-order valence-electron chi connectivity index (χ4n) is 8.74. The molecule has 0 amide bonds. The van der Waals surface area contributed by atoms with Gasteiger partial charge in [0.05, 0.1) is 33.4 Å². The summed E-state index contributed by atoms with van der Waals surface area (Å²) < 4.78 is 4.89. The minimum atomic E-state index is 1.17. The van der Waals surface area contributed by atoms with Gasteiger partial charge in [-0.05, 0) is 81.9 Å². The number of nitrogens with zero attached hydrogens (tertiary/aromatic N) is 2. The lowest BCUT2D eigenvalue weighted by molar-refractivity contribution is 1.18. The molecule has 290 valence electrons. The first-order chi connectivity index (χ1) is 29.8. The predicted molar refractivity (Wildman–Crippen MR) is 260 cm³/mol. The van der Waals surface area contributed by atoms with Crippen LogP contribution in [0.3, 0.4) is 0 Å². The van der Waals surface area contributed by atoms with Gasteiger partial charge in [0.1, 0.15) is 0 Å². The van der Waals surface area contributed by atoms with Crippen LogP contribution >= 0.6 is 0 Å². The fraction of sp³-hybridized carbons (Fsp3) is 0.0690.